The van der Waals surface area contributed by atoms with Crippen molar-refractivity contribution in [2.24, 2.45) is 5.92 Å². The maximum atomic E-state index is 3.55. The van der Waals surface area contributed by atoms with Gasteiger partial charge in [-0.1, -0.05) is 26.3 Å². The number of hydrogen-bond acceptors (Lipinski definition) is 2. The van der Waals surface area contributed by atoms with Crippen LogP contribution in [-0.4, -0.2) is 12.3 Å². The molecule has 1 N–H and O–H groups in total. The first-order valence-electron chi connectivity index (χ1n) is 5.58. The maximum absolute atomic E-state index is 3.55. The lowest BCUT2D eigenvalue weighted by molar-refractivity contribution is 0.494. The van der Waals surface area contributed by atoms with Crippen LogP contribution < -0.4 is 5.32 Å². The van der Waals surface area contributed by atoms with Crippen molar-refractivity contribution in [2.75, 3.05) is 11.6 Å². The van der Waals surface area contributed by atoms with Crippen molar-refractivity contribution >= 4 is 17.4 Å². The molecule has 0 aromatic heterocycles. The monoisotopic (exact) mass is 223 g/mol. The molecule has 0 aliphatic rings. The summed E-state index contributed by atoms with van der Waals surface area (Å²) in [7, 11) is 0. The van der Waals surface area contributed by atoms with Crippen molar-refractivity contribution in [3.63, 3.8) is 0 Å². The highest BCUT2D eigenvalue weighted by atomic mass is 32.2. The molecule has 0 radical (unpaired) electrons. The van der Waals surface area contributed by atoms with E-state index >= 15 is 0 Å². The molecule has 2 heteroatoms. The third-order valence-corrected chi connectivity index (χ3v) is 3.69. The van der Waals surface area contributed by atoms with Gasteiger partial charge in [-0.05, 0) is 37.3 Å². The fourth-order valence-corrected chi connectivity index (χ4v) is 1.93. The first-order chi connectivity index (χ1) is 7.17. The summed E-state index contributed by atoms with van der Waals surface area (Å²) in [5.74, 6) is 0.711. The summed E-state index contributed by atoms with van der Waals surface area (Å²) < 4.78 is 0. The van der Waals surface area contributed by atoms with E-state index in [9.17, 15) is 0 Å². The Bertz CT molecular complexity index is 298. The minimum atomic E-state index is 0.534. The van der Waals surface area contributed by atoms with Gasteiger partial charge in [0.2, 0.25) is 0 Å². The van der Waals surface area contributed by atoms with E-state index in [1.54, 1.807) is 11.8 Å². The standard InChI is InChI=1S/C13H21NS/c1-5-10(2)11(3)14-12-7-6-8-13(9-12)15-4/h6-11,14H,5H2,1-4H3/t10-,11+/m0/s1. The van der Waals surface area contributed by atoms with Crippen LogP contribution in [0.25, 0.3) is 0 Å². The maximum Gasteiger partial charge on any atom is 0.0353 e. The highest BCUT2D eigenvalue weighted by Gasteiger charge is 2.09. The first kappa shape index (κ1) is 12.4. The largest absolute Gasteiger partial charge is 0.382 e. The van der Waals surface area contributed by atoms with Gasteiger partial charge in [-0.25, -0.2) is 0 Å². The highest BCUT2D eigenvalue weighted by Crippen LogP contribution is 2.21. The minimum absolute atomic E-state index is 0.534. The van der Waals surface area contributed by atoms with Gasteiger partial charge in [0.1, 0.15) is 0 Å². The van der Waals surface area contributed by atoms with Gasteiger partial charge in [0.25, 0.3) is 0 Å². The van der Waals surface area contributed by atoms with Gasteiger partial charge in [0.05, 0.1) is 0 Å². The molecule has 84 valence electrons. The molecule has 2 atom stereocenters. The molecule has 0 fully saturated rings. The zero-order chi connectivity index (χ0) is 11.3. The van der Waals surface area contributed by atoms with E-state index in [0.717, 1.165) is 0 Å². The molecule has 1 aromatic carbocycles. The number of nitrogens with one attached hydrogen (secondary N) is 1. The number of anilines is 1. The van der Waals surface area contributed by atoms with Crippen LogP contribution in [0.4, 0.5) is 5.69 Å². The zero-order valence-corrected chi connectivity index (χ0v) is 10.9. The molecule has 0 spiro atoms. The Kier molecular flexibility index (Phi) is 5.03. The topological polar surface area (TPSA) is 12.0 Å². The van der Waals surface area contributed by atoms with Crippen LogP contribution in [0.3, 0.4) is 0 Å². The number of hydrogen-bond donors (Lipinski definition) is 1. The van der Waals surface area contributed by atoms with Gasteiger partial charge in [-0.3, -0.25) is 0 Å². The Balaban J connectivity index is 2.63. The fourth-order valence-electron chi connectivity index (χ4n) is 1.47. The van der Waals surface area contributed by atoms with Crippen molar-refractivity contribution < 1.29 is 0 Å². The summed E-state index contributed by atoms with van der Waals surface area (Å²) in [5, 5.41) is 3.55. The molecule has 1 nitrogen and oxygen atoms in total. The minimum Gasteiger partial charge on any atom is -0.382 e. The third-order valence-electron chi connectivity index (χ3n) is 2.96. The number of rotatable bonds is 5. The quantitative estimate of drug-likeness (QED) is 0.749. The second-order valence-corrected chi connectivity index (χ2v) is 4.93. The summed E-state index contributed by atoms with van der Waals surface area (Å²) in [6.45, 7) is 6.77. The summed E-state index contributed by atoms with van der Waals surface area (Å²) in [6.07, 6.45) is 3.33. The summed E-state index contributed by atoms with van der Waals surface area (Å²) in [6, 6.07) is 9.13. The van der Waals surface area contributed by atoms with Crippen LogP contribution in [0.1, 0.15) is 27.2 Å². The molecular formula is C13H21NS. The SMILES string of the molecule is CC[C@H](C)[C@@H](C)Nc1cccc(SC)c1. The van der Waals surface area contributed by atoms with Crippen molar-refractivity contribution in [3.8, 4) is 0 Å². The van der Waals surface area contributed by atoms with Gasteiger partial charge in [-0.15, -0.1) is 11.8 Å². The molecule has 0 heterocycles. The number of thioether (sulfide) groups is 1. The van der Waals surface area contributed by atoms with E-state index in [1.807, 2.05) is 0 Å². The highest BCUT2D eigenvalue weighted by molar-refractivity contribution is 7.98. The lowest BCUT2D eigenvalue weighted by Crippen LogP contribution is -2.23. The van der Waals surface area contributed by atoms with Crippen LogP contribution in [0, 0.1) is 5.92 Å². The van der Waals surface area contributed by atoms with Gasteiger partial charge in [-0.2, -0.15) is 0 Å². The van der Waals surface area contributed by atoms with Gasteiger partial charge < -0.3 is 5.32 Å². The lowest BCUT2D eigenvalue weighted by atomic mass is 10.0. The second-order valence-electron chi connectivity index (χ2n) is 4.05. The van der Waals surface area contributed by atoms with Gasteiger partial charge >= 0.3 is 0 Å². The van der Waals surface area contributed by atoms with Crippen LogP contribution in [0.2, 0.25) is 0 Å². The number of benzene rings is 1. The molecular weight excluding hydrogens is 202 g/mol. The van der Waals surface area contributed by atoms with Gasteiger partial charge in [0, 0.05) is 16.6 Å². The van der Waals surface area contributed by atoms with E-state index in [0.29, 0.717) is 12.0 Å². The predicted octanol–water partition coefficient (Wildman–Crippen LogP) is 4.26. The molecule has 0 bridgehead atoms. The smallest absolute Gasteiger partial charge is 0.0353 e. The first-order valence-corrected chi connectivity index (χ1v) is 6.80. The van der Waals surface area contributed by atoms with Crippen LogP contribution in [0.5, 0.6) is 0 Å². The van der Waals surface area contributed by atoms with Gasteiger partial charge in [0.15, 0.2) is 0 Å². The van der Waals surface area contributed by atoms with Crippen LogP contribution in [-0.2, 0) is 0 Å². The summed E-state index contributed by atoms with van der Waals surface area (Å²) in [4.78, 5) is 1.32. The third kappa shape index (κ3) is 3.78. The normalized spacial score (nSPS) is 14.7. The molecule has 0 unspecified atom stereocenters. The van der Waals surface area contributed by atoms with Crippen LogP contribution in [0.15, 0.2) is 29.2 Å². The Labute approximate surface area is 97.7 Å². The summed E-state index contributed by atoms with van der Waals surface area (Å²) >= 11 is 1.78. The Morgan fingerprint density at radius 2 is 2.07 bits per heavy atom. The van der Waals surface area contributed by atoms with Crippen LogP contribution >= 0.6 is 11.8 Å². The fraction of sp³-hybridized carbons (Fsp3) is 0.538. The van der Waals surface area contributed by atoms with E-state index in [1.165, 1.54) is 17.0 Å². The molecule has 0 saturated heterocycles. The Morgan fingerprint density at radius 3 is 2.67 bits per heavy atom. The molecule has 0 saturated carbocycles. The van der Waals surface area contributed by atoms with E-state index in [-0.39, 0.29) is 0 Å². The molecule has 0 aliphatic carbocycles. The van der Waals surface area contributed by atoms with E-state index < -0.39 is 0 Å². The van der Waals surface area contributed by atoms with Crippen molar-refractivity contribution in [3.05, 3.63) is 24.3 Å². The van der Waals surface area contributed by atoms with E-state index in [2.05, 4.69) is 56.6 Å². The Hall–Kier alpha value is -0.630. The molecule has 15 heavy (non-hydrogen) atoms. The Morgan fingerprint density at radius 1 is 1.33 bits per heavy atom. The predicted molar refractivity (Wildman–Crippen MR) is 70.8 cm³/mol. The summed E-state index contributed by atoms with van der Waals surface area (Å²) in [5.41, 5.74) is 1.23. The molecule has 0 aliphatic heterocycles. The van der Waals surface area contributed by atoms with Crippen molar-refractivity contribution in [1.29, 1.82) is 0 Å². The average Bonchev–Trinajstić information content (AvgIpc) is 2.28. The van der Waals surface area contributed by atoms with Crippen molar-refractivity contribution in [2.45, 2.75) is 38.1 Å². The van der Waals surface area contributed by atoms with E-state index in [4.69, 9.17) is 0 Å². The van der Waals surface area contributed by atoms with Crippen molar-refractivity contribution in [1.82, 2.24) is 0 Å². The molecule has 0 amide bonds. The second kappa shape index (κ2) is 6.06. The average molecular weight is 223 g/mol. The molecule has 1 rings (SSSR count). The zero-order valence-electron chi connectivity index (χ0n) is 10.1. The molecule has 1 aromatic rings. The lowest BCUT2D eigenvalue weighted by Gasteiger charge is -2.21.